The molecule has 3 aromatic rings. The van der Waals surface area contributed by atoms with Crippen molar-refractivity contribution in [1.82, 2.24) is 4.90 Å². The van der Waals surface area contributed by atoms with Crippen LogP contribution in [0.1, 0.15) is 18.1 Å². The van der Waals surface area contributed by atoms with Crippen molar-refractivity contribution in [2.24, 2.45) is 0 Å². The topological polar surface area (TPSA) is 62.6 Å². The molecule has 5 nitrogen and oxygen atoms in total. The summed E-state index contributed by atoms with van der Waals surface area (Å²) in [7, 11) is 3.41. The molecule has 5 heteroatoms. The van der Waals surface area contributed by atoms with Gasteiger partial charge in [0.1, 0.15) is 11.5 Å². The summed E-state index contributed by atoms with van der Waals surface area (Å²) in [6.45, 7) is 2.21. The number of nitriles is 1. The van der Waals surface area contributed by atoms with Gasteiger partial charge in [-0.05, 0) is 65.7 Å². The molecular weight excluding hydrogens is 352 g/mol. The molecule has 142 valence electrons. The van der Waals surface area contributed by atoms with Crippen molar-refractivity contribution in [2.75, 3.05) is 14.2 Å². The molecule has 0 N–H and O–H groups in total. The van der Waals surface area contributed by atoms with E-state index in [1.54, 1.807) is 50.2 Å². The van der Waals surface area contributed by atoms with Gasteiger partial charge in [-0.25, -0.2) is 0 Å². The van der Waals surface area contributed by atoms with Gasteiger partial charge < -0.3 is 14.4 Å². The number of carbonyl (C=O) groups is 1. The highest BCUT2D eigenvalue weighted by atomic mass is 16.5. The van der Waals surface area contributed by atoms with Gasteiger partial charge in [-0.15, -0.1) is 0 Å². The highest BCUT2D eigenvalue weighted by Crippen LogP contribution is 2.22. The largest absolute Gasteiger partial charge is 0.497 e. The summed E-state index contributed by atoms with van der Waals surface area (Å²) in [5.41, 5.74) is 1.59. The van der Waals surface area contributed by atoms with Crippen LogP contribution in [0.2, 0.25) is 0 Å². The molecule has 3 rings (SSSR count). The molecule has 0 radical (unpaired) electrons. The quantitative estimate of drug-likeness (QED) is 0.650. The number of nitrogens with zero attached hydrogens (tertiary/aromatic N) is 2. The Hall–Kier alpha value is -3.52. The lowest BCUT2D eigenvalue weighted by atomic mass is 10.1. The minimum Gasteiger partial charge on any atom is -0.497 e. The molecule has 0 saturated carbocycles. The van der Waals surface area contributed by atoms with Gasteiger partial charge in [-0.1, -0.05) is 18.2 Å². The van der Waals surface area contributed by atoms with E-state index in [2.05, 4.69) is 12.1 Å². The lowest BCUT2D eigenvalue weighted by Gasteiger charge is -2.22. The third kappa shape index (κ3) is 4.41. The predicted molar refractivity (Wildman–Crippen MR) is 108 cm³/mol. The maximum absolute atomic E-state index is 12.7. The Kier molecular flexibility index (Phi) is 5.81. The van der Waals surface area contributed by atoms with Crippen molar-refractivity contribution in [1.29, 1.82) is 5.26 Å². The standard InChI is InChI=1S/C23H22N2O3/c1-16(28-21-9-5-17(14-24)6-10-21)23(26)25(2)15-18-4-7-20-13-22(27-3)11-8-19(20)12-18/h4-13,16H,15H2,1-3H3. The van der Waals surface area contributed by atoms with Gasteiger partial charge in [0.05, 0.1) is 18.7 Å². The summed E-state index contributed by atoms with van der Waals surface area (Å²) in [4.78, 5) is 14.3. The number of amides is 1. The highest BCUT2D eigenvalue weighted by molar-refractivity contribution is 5.85. The molecule has 1 amide bonds. The zero-order chi connectivity index (χ0) is 20.1. The van der Waals surface area contributed by atoms with Crippen LogP contribution >= 0.6 is 0 Å². The summed E-state index contributed by atoms with van der Waals surface area (Å²) in [5.74, 6) is 1.27. The average molecular weight is 374 g/mol. The molecule has 0 aliphatic heterocycles. The van der Waals surface area contributed by atoms with Gasteiger partial charge in [-0.2, -0.15) is 5.26 Å². The van der Waals surface area contributed by atoms with Gasteiger partial charge in [0.2, 0.25) is 0 Å². The van der Waals surface area contributed by atoms with Crippen molar-refractivity contribution in [3.05, 3.63) is 71.8 Å². The van der Waals surface area contributed by atoms with Gasteiger partial charge in [0.15, 0.2) is 6.10 Å². The van der Waals surface area contributed by atoms with Crippen molar-refractivity contribution in [3.8, 4) is 17.6 Å². The molecule has 0 saturated heterocycles. The monoisotopic (exact) mass is 374 g/mol. The van der Waals surface area contributed by atoms with E-state index in [0.717, 1.165) is 22.1 Å². The first-order chi connectivity index (χ1) is 13.5. The average Bonchev–Trinajstić information content (AvgIpc) is 2.73. The van der Waals surface area contributed by atoms with E-state index in [1.807, 2.05) is 30.3 Å². The number of fused-ring (bicyclic) bond motifs is 1. The van der Waals surface area contributed by atoms with E-state index in [1.165, 1.54) is 0 Å². The van der Waals surface area contributed by atoms with Crippen molar-refractivity contribution in [3.63, 3.8) is 0 Å². The Morgan fingerprint density at radius 3 is 2.36 bits per heavy atom. The van der Waals surface area contributed by atoms with E-state index in [-0.39, 0.29) is 5.91 Å². The molecule has 28 heavy (non-hydrogen) atoms. The molecule has 0 heterocycles. The fourth-order valence-electron chi connectivity index (χ4n) is 3.02. The molecule has 0 aliphatic carbocycles. The molecular formula is C23H22N2O3. The third-order valence-electron chi connectivity index (χ3n) is 4.55. The molecule has 0 spiro atoms. The Morgan fingerprint density at radius 2 is 1.68 bits per heavy atom. The third-order valence-corrected chi connectivity index (χ3v) is 4.55. The zero-order valence-electron chi connectivity index (χ0n) is 16.2. The smallest absolute Gasteiger partial charge is 0.263 e. The number of methoxy groups -OCH3 is 1. The summed E-state index contributed by atoms with van der Waals surface area (Å²) in [5, 5.41) is 11.0. The van der Waals surface area contributed by atoms with Crippen molar-refractivity contribution < 1.29 is 14.3 Å². The number of benzene rings is 3. The maximum atomic E-state index is 12.7. The Morgan fingerprint density at radius 1 is 1.04 bits per heavy atom. The first kappa shape index (κ1) is 19.2. The molecule has 0 fully saturated rings. The first-order valence-electron chi connectivity index (χ1n) is 8.98. The molecule has 3 aromatic carbocycles. The number of rotatable bonds is 6. The van der Waals surface area contributed by atoms with E-state index in [0.29, 0.717) is 17.9 Å². The van der Waals surface area contributed by atoms with Gasteiger partial charge in [0, 0.05) is 13.6 Å². The number of hydrogen-bond donors (Lipinski definition) is 0. The van der Waals surface area contributed by atoms with Crippen LogP contribution in [0.25, 0.3) is 10.8 Å². The SMILES string of the molecule is COc1ccc2cc(CN(C)C(=O)C(C)Oc3ccc(C#N)cc3)ccc2c1. The van der Waals surface area contributed by atoms with E-state index >= 15 is 0 Å². The second kappa shape index (κ2) is 8.45. The minimum absolute atomic E-state index is 0.112. The maximum Gasteiger partial charge on any atom is 0.263 e. The normalized spacial score (nSPS) is 11.5. The summed E-state index contributed by atoms with van der Waals surface area (Å²) < 4.78 is 11.0. The lowest BCUT2D eigenvalue weighted by molar-refractivity contribution is -0.137. The predicted octanol–water partition coefficient (Wildman–Crippen LogP) is 4.15. The van der Waals surface area contributed by atoms with E-state index < -0.39 is 6.10 Å². The van der Waals surface area contributed by atoms with Crippen molar-refractivity contribution in [2.45, 2.75) is 19.6 Å². The zero-order valence-corrected chi connectivity index (χ0v) is 16.2. The van der Waals surface area contributed by atoms with Crippen molar-refractivity contribution >= 4 is 16.7 Å². The van der Waals surface area contributed by atoms with Gasteiger partial charge in [-0.3, -0.25) is 4.79 Å². The fourth-order valence-corrected chi connectivity index (χ4v) is 3.02. The summed E-state index contributed by atoms with van der Waals surface area (Å²) in [6.07, 6.45) is -0.623. The Bertz CT molecular complexity index is 1020. The molecule has 1 atom stereocenters. The van der Waals surface area contributed by atoms with Crippen LogP contribution in [0, 0.1) is 11.3 Å². The van der Waals surface area contributed by atoms with Crippen LogP contribution in [0.4, 0.5) is 0 Å². The number of ether oxygens (including phenoxy) is 2. The second-order valence-electron chi connectivity index (χ2n) is 6.64. The summed E-state index contributed by atoms with van der Waals surface area (Å²) >= 11 is 0. The van der Waals surface area contributed by atoms with Crippen LogP contribution < -0.4 is 9.47 Å². The van der Waals surface area contributed by atoms with E-state index in [9.17, 15) is 4.79 Å². The number of hydrogen-bond acceptors (Lipinski definition) is 4. The van der Waals surface area contributed by atoms with Crippen LogP contribution in [0.5, 0.6) is 11.5 Å². The van der Waals surface area contributed by atoms with Gasteiger partial charge in [0.25, 0.3) is 5.91 Å². The first-order valence-corrected chi connectivity index (χ1v) is 8.98. The van der Waals surface area contributed by atoms with Gasteiger partial charge >= 0.3 is 0 Å². The van der Waals surface area contributed by atoms with E-state index in [4.69, 9.17) is 14.7 Å². The number of likely N-dealkylation sites (N-methyl/N-ethyl adjacent to an activating group) is 1. The molecule has 1 unspecified atom stereocenters. The van der Waals surface area contributed by atoms with Crippen LogP contribution in [0.3, 0.4) is 0 Å². The van der Waals surface area contributed by atoms with Crippen LogP contribution in [-0.4, -0.2) is 31.1 Å². The molecule has 0 bridgehead atoms. The van der Waals surface area contributed by atoms with Crippen LogP contribution in [-0.2, 0) is 11.3 Å². The fraction of sp³-hybridized carbons (Fsp3) is 0.217. The minimum atomic E-state index is -0.623. The Balaban J connectivity index is 1.65. The Labute approximate surface area is 164 Å². The molecule has 0 aromatic heterocycles. The molecule has 0 aliphatic rings. The lowest BCUT2D eigenvalue weighted by Crippen LogP contribution is -2.37. The number of carbonyl (C=O) groups excluding carboxylic acids is 1. The summed E-state index contributed by atoms with van der Waals surface area (Å²) in [6, 6.07) is 20.8. The highest BCUT2D eigenvalue weighted by Gasteiger charge is 2.19. The second-order valence-corrected chi connectivity index (χ2v) is 6.64. The van der Waals surface area contributed by atoms with Crippen LogP contribution in [0.15, 0.2) is 60.7 Å².